The molecule has 2 saturated carbocycles. The highest BCUT2D eigenvalue weighted by Gasteiger charge is 2.66. The van der Waals surface area contributed by atoms with Gasteiger partial charge in [-0.05, 0) is 49.1 Å². The molecule has 0 spiro atoms. The fourth-order valence-electron chi connectivity index (χ4n) is 5.02. The van der Waals surface area contributed by atoms with Crippen LogP contribution < -0.4 is 5.32 Å². The number of allylic oxidation sites excluding steroid dienone is 2. The Labute approximate surface area is 135 Å². The summed E-state index contributed by atoms with van der Waals surface area (Å²) in [6.07, 6.45) is 5.63. The molecular formula is C19H20N2O2. The fraction of sp³-hybridized carbons (Fsp3) is 0.474. The third-order valence-corrected chi connectivity index (χ3v) is 6.25. The van der Waals surface area contributed by atoms with E-state index in [1.54, 1.807) is 0 Å². The molecule has 6 rings (SSSR count). The lowest BCUT2D eigenvalue weighted by molar-refractivity contribution is -0.139. The molecule has 4 nitrogen and oxygen atoms in total. The summed E-state index contributed by atoms with van der Waals surface area (Å²) in [7, 11) is 0. The number of hydrogen-bond acceptors (Lipinski definition) is 3. The summed E-state index contributed by atoms with van der Waals surface area (Å²) in [4.78, 5) is 27.1. The summed E-state index contributed by atoms with van der Waals surface area (Å²) < 4.78 is 0. The van der Waals surface area contributed by atoms with Crippen molar-refractivity contribution < 1.29 is 9.59 Å². The number of likely N-dealkylation sites (tertiary alicyclic amines) is 1. The van der Waals surface area contributed by atoms with E-state index in [1.807, 2.05) is 31.2 Å². The molecule has 23 heavy (non-hydrogen) atoms. The fourth-order valence-corrected chi connectivity index (χ4v) is 5.02. The van der Waals surface area contributed by atoms with Crippen molar-refractivity contribution in [1.82, 2.24) is 4.90 Å². The minimum atomic E-state index is -0.0962. The van der Waals surface area contributed by atoms with Crippen LogP contribution in [0.3, 0.4) is 0 Å². The van der Waals surface area contributed by atoms with Crippen molar-refractivity contribution in [3.63, 3.8) is 0 Å². The molecule has 1 saturated heterocycles. The van der Waals surface area contributed by atoms with Crippen molar-refractivity contribution in [1.29, 1.82) is 0 Å². The summed E-state index contributed by atoms with van der Waals surface area (Å²) in [5.74, 6) is 1.79. The number of benzene rings is 1. The van der Waals surface area contributed by atoms with Gasteiger partial charge in [-0.2, -0.15) is 0 Å². The molecule has 2 amide bonds. The highest BCUT2D eigenvalue weighted by Crippen LogP contribution is 2.65. The number of carbonyl (C=O) groups is 2. The Morgan fingerprint density at radius 1 is 1.00 bits per heavy atom. The van der Waals surface area contributed by atoms with Gasteiger partial charge in [-0.25, -0.2) is 0 Å². The SMILES string of the molecule is Cc1ccc(NCN2C(=O)[C@@H]3[C@H]4C=C[C@H]([C@H]5C[C@H]45)[C@@H]3C2=O)cc1. The second-order valence-corrected chi connectivity index (χ2v) is 7.46. The number of aryl methyl sites for hydroxylation is 1. The van der Waals surface area contributed by atoms with E-state index in [2.05, 4.69) is 17.5 Å². The summed E-state index contributed by atoms with van der Waals surface area (Å²) in [5.41, 5.74) is 2.13. The lowest BCUT2D eigenvalue weighted by Gasteiger charge is -2.37. The molecule has 0 unspecified atom stereocenters. The van der Waals surface area contributed by atoms with Crippen LogP contribution in [0.2, 0.25) is 0 Å². The Balaban J connectivity index is 1.36. The van der Waals surface area contributed by atoms with Crippen LogP contribution in [-0.2, 0) is 9.59 Å². The predicted molar refractivity (Wildman–Crippen MR) is 86.2 cm³/mol. The second kappa shape index (κ2) is 4.47. The molecule has 1 aromatic carbocycles. The number of nitrogens with one attached hydrogen (secondary N) is 1. The molecule has 1 N–H and O–H groups in total. The minimum Gasteiger partial charge on any atom is -0.367 e. The molecule has 0 aromatic heterocycles. The average molecular weight is 308 g/mol. The molecule has 1 aromatic rings. The van der Waals surface area contributed by atoms with Crippen molar-refractivity contribution in [2.24, 2.45) is 35.5 Å². The monoisotopic (exact) mass is 308 g/mol. The maximum absolute atomic E-state index is 12.8. The van der Waals surface area contributed by atoms with Crippen LogP contribution in [0.1, 0.15) is 12.0 Å². The highest BCUT2D eigenvalue weighted by atomic mass is 16.2. The molecule has 3 fully saturated rings. The first-order valence-corrected chi connectivity index (χ1v) is 8.49. The third-order valence-electron chi connectivity index (χ3n) is 6.25. The molecule has 0 radical (unpaired) electrons. The van der Waals surface area contributed by atoms with E-state index in [4.69, 9.17) is 0 Å². The van der Waals surface area contributed by atoms with Gasteiger partial charge in [-0.3, -0.25) is 14.5 Å². The highest BCUT2D eigenvalue weighted by molar-refractivity contribution is 6.06. The molecule has 1 heterocycles. The van der Waals surface area contributed by atoms with E-state index in [-0.39, 0.29) is 30.3 Å². The van der Waals surface area contributed by atoms with Crippen LogP contribution >= 0.6 is 0 Å². The van der Waals surface area contributed by atoms with Gasteiger partial charge in [0.1, 0.15) is 0 Å². The number of imide groups is 1. The molecule has 5 aliphatic rings. The van der Waals surface area contributed by atoms with E-state index in [0.29, 0.717) is 23.7 Å². The van der Waals surface area contributed by atoms with Crippen LogP contribution in [-0.4, -0.2) is 23.4 Å². The van der Waals surface area contributed by atoms with Gasteiger partial charge >= 0.3 is 0 Å². The Kier molecular flexibility index (Phi) is 2.59. The van der Waals surface area contributed by atoms with Crippen LogP contribution in [0, 0.1) is 42.4 Å². The first-order chi connectivity index (χ1) is 11.1. The summed E-state index contributed by atoms with van der Waals surface area (Å²) >= 11 is 0. The summed E-state index contributed by atoms with van der Waals surface area (Å²) in [5, 5.41) is 3.22. The topological polar surface area (TPSA) is 49.4 Å². The van der Waals surface area contributed by atoms with Crippen LogP contribution in [0.4, 0.5) is 5.69 Å². The van der Waals surface area contributed by atoms with Gasteiger partial charge in [0.05, 0.1) is 18.5 Å². The van der Waals surface area contributed by atoms with Gasteiger partial charge in [0.25, 0.3) is 0 Å². The third kappa shape index (κ3) is 1.78. The predicted octanol–water partition coefficient (Wildman–Crippen LogP) is 2.42. The van der Waals surface area contributed by atoms with E-state index < -0.39 is 0 Å². The Morgan fingerprint density at radius 2 is 1.57 bits per heavy atom. The van der Waals surface area contributed by atoms with Gasteiger partial charge < -0.3 is 5.32 Å². The maximum atomic E-state index is 12.8. The number of carbonyl (C=O) groups excluding carboxylic acids is 2. The van der Waals surface area contributed by atoms with E-state index in [1.165, 1.54) is 16.9 Å². The average Bonchev–Trinajstić information content (AvgIpc) is 3.33. The summed E-state index contributed by atoms with van der Waals surface area (Å²) in [6, 6.07) is 8.00. The van der Waals surface area contributed by atoms with Gasteiger partial charge in [-0.1, -0.05) is 29.8 Å². The Hall–Kier alpha value is -2.10. The summed E-state index contributed by atoms with van der Waals surface area (Å²) in [6.45, 7) is 2.32. The zero-order chi connectivity index (χ0) is 15.7. The molecule has 1 aliphatic heterocycles. The van der Waals surface area contributed by atoms with Gasteiger partial charge in [0.2, 0.25) is 11.8 Å². The van der Waals surface area contributed by atoms with Crippen molar-refractivity contribution in [2.75, 3.05) is 12.0 Å². The molecular weight excluding hydrogens is 288 g/mol. The standard InChI is InChI=1S/C19H20N2O2/c1-10-2-4-11(5-3-10)20-9-21-18(22)16-12-6-7-13(15-8-14(12)15)17(16)19(21)23/h2-7,12-17,20H,8-9H2,1H3/t12-,13+,14-,15-,16+,17-/m1/s1. The first-order valence-electron chi connectivity index (χ1n) is 8.49. The van der Waals surface area contributed by atoms with E-state index >= 15 is 0 Å². The quantitative estimate of drug-likeness (QED) is 0.689. The first kappa shape index (κ1) is 13.3. The number of rotatable bonds is 3. The van der Waals surface area contributed by atoms with E-state index in [9.17, 15) is 9.59 Å². The van der Waals surface area contributed by atoms with Crippen LogP contribution in [0.25, 0.3) is 0 Å². The number of anilines is 1. The smallest absolute Gasteiger partial charge is 0.235 e. The normalized spacial score (nSPS) is 39.4. The largest absolute Gasteiger partial charge is 0.367 e. The Morgan fingerprint density at radius 3 is 2.13 bits per heavy atom. The maximum Gasteiger partial charge on any atom is 0.235 e. The zero-order valence-electron chi connectivity index (χ0n) is 13.1. The van der Waals surface area contributed by atoms with Crippen LogP contribution in [0.15, 0.2) is 36.4 Å². The lowest BCUT2D eigenvalue weighted by atomic mass is 9.63. The number of amides is 2. The molecule has 118 valence electrons. The van der Waals surface area contributed by atoms with Crippen molar-refractivity contribution in [3.05, 3.63) is 42.0 Å². The van der Waals surface area contributed by atoms with Crippen molar-refractivity contribution >= 4 is 17.5 Å². The Bertz CT molecular complexity index is 687. The van der Waals surface area contributed by atoms with Gasteiger partial charge in [-0.15, -0.1) is 0 Å². The van der Waals surface area contributed by atoms with Crippen molar-refractivity contribution in [3.8, 4) is 0 Å². The minimum absolute atomic E-state index is 0.0318. The molecule has 4 heteroatoms. The number of hydrogen-bond donors (Lipinski definition) is 1. The van der Waals surface area contributed by atoms with Gasteiger partial charge in [0, 0.05) is 5.69 Å². The molecule has 2 bridgehead atoms. The molecule has 4 aliphatic carbocycles. The zero-order valence-corrected chi connectivity index (χ0v) is 13.1. The molecule has 6 atom stereocenters. The number of nitrogens with zero attached hydrogens (tertiary/aromatic N) is 1. The second-order valence-electron chi connectivity index (χ2n) is 7.46. The lowest BCUT2D eigenvalue weighted by Crippen LogP contribution is -2.40. The van der Waals surface area contributed by atoms with Gasteiger partial charge in [0.15, 0.2) is 0 Å². The van der Waals surface area contributed by atoms with Crippen molar-refractivity contribution in [2.45, 2.75) is 13.3 Å². The van der Waals surface area contributed by atoms with Crippen LogP contribution in [0.5, 0.6) is 0 Å². The van der Waals surface area contributed by atoms with E-state index in [0.717, 1.165) is 5.69 Å².